The van der Waals surface area contributed by atoms with Crippen LogP contribution in [0.2, 0.25) is 0 Å². The Morgan fingerprint density at radius 1 is 0.824 bits per heavy atom. The lowest BCUT2D eigenvalue weighted by atomic mass is 9.97. The van der Waals surface area contributed by atoms with E-state index in [1.165, 1.54) is 5.56 Å². The van der Waals surface area contributed by atoms with Gasteiger partial charge in [-0.15, -0.1) is 0 Å². The minimum absolute atomic E-state index is 0.320. The topological polar surface area (TPSA) is 25.8 Å². The molecule has 0 aromatic carbocycles. The Morgan fingerprint density at radius 2 is 1.65 bits per heavy atom. The fourth-order valence-corrected chi connectivity index (χ4v) is 2.04. The second-order valence-corrected chi connectivity index (χ2v) is 3.95. The molecular weight excluding hydrogens is 208 g/mol. The molecule has 0 bridgehead atoms. The van der Waals surface area contributed by atoms with E-state index in [2.05, 4.69) is 40.3 Å². The zero-order chi connectivity index (χ0) is 11.5. The molecule has 2 aromatic rings. The van der Waals surface area contributed by atoms with Crippen molar-refractivity contribution in [1.29, 1.82) is 0 Å². The maximum atomic E-state index is 4.46. The summed E-state index contributed by atoms with van der Waals surface area (Å²) in [5.74, 6) is 0.320. The van der Waals surface area contributed by atoms with Gasteiger partial charge >= 0.3 is 0 Å². The van der Waals surface area contributed by atoms with E-state index in [1.54, 1.807) is 6.20 Å². The Labute approximate surface area is 100 Å². The van der Waals surface area contributed by atoms with Crippen molar-refractivity contribution >= 4 is 0 Å². The maximum Gasteiger partial charge on any atom is 0.0927 e. The fourth-order valence-electron chi connectivity index (χ4n) is 2.04. The lowest BCUT2D eigenvalue weighted by Crippen LogP contribution is -1.97. The number of aromatic nitrogens is 2. The number of nitrogens with zero attached hydrogens (tertiary/aromatic N) is 2. The molecule has 0 aliphatic heterocycles. The Balaban J connectivity index is 2.11. The van der Waals surface area contributed by atoms with Gasteiger partial charge in [-0.25, -0.2) is 0 Å². The first-order valence-electron chi connectivity index (χ1n) is 5.66. The van der Waals surface area contributed by atoms with Gasteiger partial charge < -0.3 is 0 Å². The van der Waals surface area contributed by atoms with Crippen LogP contribution in [-0.2, 0) is 0 Å². The zero-order valence-corrected chi connectivity index (χ0v) is 9.32. The highest BCUT2D eigenvalue weighted by Gasteiger charge is 2.14. The summed E-state index contributed by atoms with van der Waals surface area (Å²) >= 11 is 0. The van der Waals surface area contributed by atoms with Crippen molar-refractivity contribution in [3.63, 3.8) is 0 Å². The van der Waals surface area contributed by atoms with Crippen molar-refractivity contribution in [3.8, 4) is 11.4 Å². The molecule has 0 spiro atoms. The molecule has 0 N–H and O–H groups in total. The highest BCUT2D eigenvalue weighted by molar-refractivity contribution is 5.61. The molecule has 0 fully saturated rings. The summed E-state index contributed by atoms with van der Waals surface area (Å²) in [7, 11) is 0. The molecule has 0 saturated carbocycles. The summed E-state index contributed by atoms with van der Waals surface area (Å²) in [6.45, 7) is 0. The standard InChI is InChI=1S/C15H12N2/c1-2-7-12(6-1)13-8-5-11-17-15(13)14-9-3-4-10-16-14/h1-12H. The summed E-state index contributed by atoms with van der Waals surface area (Å²) in [5, 5.41) is 0. The molecule has 17 heavy (non-hydrogen) atoms. The first-order chi connectivity index (χ1) is 8.45. The molecule has 1 aliphatic rings. The van der Waals surface area contributed by atoms with Crippen LogP contribution in [0.5, 0.6) is 0 Å². The predicted octanol–water partition coefficient (Wildman–Crippen LogP) is 3.35. The molecule has 1 aliphatic carbocycles. The van der Waals surface area contributed by atoms with Crippen LogP contribution >= 0.6 is 0 Å². The van der Waals surface area contributed by atoms with Gasteiger partial charge in [-0.2, -0.15) is 0 Å². The van der Waals surface area contributed by atoms with Gasteiger partial charge in [0.25, 0.3) is 0 Å². The van der Waals surface area contributed by atoms with Crippen molar-refractivity contribution in [2.45, 2.75) is 5.92 Å². The van der Waals surface area contributed by atoms with E-state index < -0.39 is 0 Å². The van der Waals surface area contributed by atoms with Crippen LogP contribution in [0.3, 0.4) is 0 Å². The smallest absolute Gasteiger partial charge is 0.0927 e. The third kappa shape index (κ3) is 1.89. The van der Waals surface area contributed by atoms with Crippen LogP contribution in [0.25, 0.3) is 11.4 Å². The van der Waals surface area contributed by atoms with Gasteiger partial charge in [-0.1, -0.05) is 36.4 Å². The summed E-state index contributed by atoms with van der Waals surface area (Å²) in [5.41, 5.74) is 3.10. The number of rotatable bonds is 2. The summed E-state index contributed by atoms with van der Waals surface area (Å²) < 4.78 is 0. The molecule has 0 amide bonds. The molecule has 82 valence electrons. The van der Waals surface area contributed by atoms with Gasteiger partial charge in [0.2, 0.25) is 0 Å². The van der Waals surface area contributed by atoms with Crippen LogP contribution in [0.4, 0.5) is 0 Å². The van der Waals surface area contributed by atoms with E-state index >= 15 is 0 Å². The predicted molar refractivity (Wildman–Crippen MR) is 68.5 cm³/mol. The molecular formula is C15H12N2. The average molecular weight is 220 g/mol. The summed E-state index contributed by atoms with van der Waals surface area (Å²) in [4.78, 5) is 8.83. The highest BCUT2D eigenvalue weighted by Crippen LogP contribution is 2.29. The van der Waals surface area contributed by atoms with Crippen molar-refractivity contribution < 1.29 is 0 Å². The summed E-state index contributed by atoms with van der Waals surface area (Å²) in [6.07, 6.45) is 12.1. The lowest BCUT2D eigenvalue weighted by molar-refractivity contribution is 1.07. The molecule has 3 rings (SSSR count). The van der Waals surface area contributed by atoms with Gasteiger partial charge in [0.15, 0.2) is 0 Å². The van der Waals surface area contributed by atoms with Gasteiger partial charge in [0, 0.05) is 18.3 Å². The van der Waals surface area contributed by atoms with E-state index in [0.29, 0.717) is 5.92 Å². The van der Waals surface area contributed by atoms with Crippen LogP contribution in [-0.4, -0.2) is 9.97 Å². The third-order valence-corrected chi connectivity index (χ3v) is 2.85. The van der Waals surface area contributed by atoms with Crippen molar-refractivity contribution in [2.75, 3.05) is 0 Å². The second-order valence-electron chi connectivity index (χ2n) is 3.95. The van der Waals surface area contributed by atoms with Crippen LogP contribution in [0.1, 0.15) is 11.5 Å². The molecule has 2 heterocycles. The van der Waals surface area contributed by atoms with E-state index in [-0.39, 0.29) is 0 Å². The SMILES string of the molecule is C1=CC(c2cccnc2-c2ccccn2)C=C1. The molecule has 2 aromatic heterocycles. The lowest BCUT2D eigenvalue weighted by Gasteiger charge is -2.10. The number of allylic oxidation sites excluding steroid dienone is 4. The minimum Gasteiger partial charge on any atom is -0.255 e. The number of pyridine rings is 2. The molecule has 0 unspecified atom stereocenters. The minimum atomic E-state index is 0.320. The van der Waals surface area contributed by atoms with Gasteiger partial charge in [0.1, 0.15) is 0 Å². The molecule has 2 heteroatoms. The van der Waals surface area contributed by atoms with Crippen LogP contribution in [0, 0.1) is 0 Å². The van der Waals surface area contributed by atoms with Gasteiger partial charge in [0.05, 0.1) is 11.4 Å². The van der Waals surface area contributed by atoms with Gasteiger partial charge in [-0.05, 0) is 23.8 Å². The normalized spacial score (nSPS) is 14.4. The molecule has 0 saturated heterocycles. The largest absolute Gasteiger partial charge is 0.255 e. The Bertz CT molecular complexity index is 558. The monoisotopic (exact) mass is 220 g/mol. The number of hydrogen-bond acceptors (Lipinski definition) is 2. The van der Waals surface area contributed by atoms with E-state index in [1.807, 2.05) is 30.5 Å². The van der Waals surface area contributed by atoms with Crippen molar-refractivity contribution in [3.05, 3.63) is 72.6 Å². The fraction of sp³-hybridized carbons (Fsp3) is 0.0667. The highest BCUT2D eigenvalue weighted by atomic mass is 14.8. The molecule has 2 nitrogen and oxygen atoms in total. The van der Waals surface area contributed by atoms with Crippen molar-refractivity contribution in [2.24, 2.45) is 0 Å². The molecule has 0 atom stereocenters. The quantitative estimate of drug-likeness (QED) is 0.775. The third-order valence-electron chi connectivity index (χ3n) is 2.85. The Hall–Kier alpha value is -2.22. The zero-order valence-electron chi connectivity index (χ0n) is 9.32. The first-order valence-corrected chi connectivity index (χ1v) is 5.66. The van der Waals surface area contributed by atoms with Crippen LogP contribution in [0.15, 0.2) is 67.0 Å². The summed E-state index contributed by atoms with van der Waals surface area (Å²) in [6, 6.07) is 9.99. The number of hydrogen-bond donors (Lipinski definition) is 0. The molecule has 0 radical (unpaired) electrons. The Kier molecular flexibility index (Phi) is 2.54. The average Bonchev–Trinajstić information content (AvgIpc) is 2.94. The first kappa shape index (κ1) is 9.97. The van der Waals surface area contributed by atoms with Crippen LogP contribution < -0.4 is 0 Å². The van der Waals surface area contributed by atoms with Crippen molar-refractivity contribution in [1.82, 2.24) is 9.97 Å². The van der Waals surface area contributed by atoms with E-state index in [0.717, 1.165) is 11.4 Å². The van der Waals surface area contributed by atoms with Gasteiger partial charge in [-0.3, -0.25) is 9.97 Å². The second kappa shape index (κ2) is 4.34. The maximum absolute atomic E-state index is 4.46. The van der Waals surface area contributed by atoms with E-state index in [4.69, 9.17) is 0 Å². The van der Waals surface area contributed by atoms with E-state index in [9.17, 15) is 0 Å². The Morgan fingerprint density at radius 3 is 2.41 bits per heavy atom.